The molecule has 0 radical (unpaired) electrons. The predicted molar refractivity (Wildman–Crippen MR) is 121 cm³/mol. The van der Waals surface area contributed by atoms with Crippen molar-refractivity contribution in [1.82, 2.24) is 20.1 Å². The van der Waals surface area contributed by atoms with E-state index in [0.717, 1.165) is 5.56 Å². The van der Waals surface area contributed by atoms with E-state index in [1.807, 2.05) is 0 Å². The van der Waals surface area contributed by atoms with Crippen molar-refractivity contribution in [2.45, 2.75) is 39.2 Å². The van der Waals surface area contributed by atoms with Crippen LogP contribution in [0.5, 0.6) is 0 Å². The van der Waals surface area contributed by atoms with Gasteiger partial charge >= 0.3 is 6.03 Å². The van der Waals surface area contributed by atoms with Crippen LogP contribution in [-0.4, -0.2) is 33.2 Å². The summed E-state index contributed by atoms with van der Waals surface area (Å²) in [6, 6.07) is 11.9. The molecule has 9 heteroatoms. The van der Waals surface area contributed by atoms with E-state index in [1.54, 1.807) is 0 Å². The van der Waals surface area contributed by atoms with Crippen LogP contribution in [0, 0.1) is 5.82 Å². The molecule has 0 saturated heterocycles. The molecule has 1 aromatic heterocycles. The number of carbonyl (C=O) groups is 2. The quantitative estimate of drug-likeness (QED) is 0.523. The molecule has 0 atom stereocenters. The lowest BCUT2D eigenvalue weighted by Crippen LogP contribution is -2.30. The van der Waals surface area contributed by atoms with Crippen molar-refractivity contribution in [3.8, 4) is 0 Å². The van der Waals surface area contributed by atoms with Crippen molar-refractivity contribution in [3.05, 3.63) is 72.1 Å². The third-order valence-electron chi connectivity index (χ3n) is 4.79. The van der Waals surface area contributed by atoms with Crippen LogP contribution in [0.25, 0.3) is 0 Å². The second-order valence-corrected chi connectivity index (χ2v) is 8.41. The van der Waals surface area contributed by atoms with Gasteiger partial charge < -0.3 is 16.0 Å². The minimum atomic E-state index is -0.610. The fraction of sp³-hybridized carbons (Fsp3) is 0.304. The summed E-state index contributed by atoms with van der Waals surface area (Å²) in [5.74, 6) is -1.07. The summed E-state index contributed by atoms with van der Waals surface area (Å²) in [7, 11) is 0. The monoisotopic (exact) mass is 438 g/mol. The highest BCUT2D eigenvalue weighted by atomic mass is 19.1. The van der Waals surface area contributed by atoms with Crippen molar-refractivity contribution in [2.24, 2.45) is 0 Å². The molecular formula is C23H27FN6O2. The van der Waals surface area contributed by atoms with Crippen LogP contribution in [0.2, 0.25) is 0 Å². The average Bonchev–Trinajstić information content (AvgIpc) is 3.23. The summed E-state index contributed by atoms with van der Waals surface area (Å²) in [5, 5.41) is 11.7. The van der Waals surface area contributed by atoms with Crippen LogP contribution in [0.3, 0.4) is 0 Å². The predicted octanol–water partition coefficient (Wildman–Crippen LogP) is 3.72. The van der Waals surface area contributed by atoms with Crippen molar-refractivity contribution in [2.75, 3.05) is 17.2 Å². The average molecular weight is 439 g/mol. The Balaban J connectivity index is 1.49. The van der Waals surface area contributed by atoms with Crippen molar-refractivity contribution in [3.63, 3.8) is 0 Å². The maximum Gasteiger partial charge on any atom is 0.319 e. The summed E-state index contributed by atoms with van der Waals surface area (Å²) in [5.41, 5.74) is 2.80. The Morgan fingerprint density at radius 2 is 1.81 bits per heavy atom. The maximum absolute atomic E-state index is 14.1. The van der Waals surface area contributed by atoms with Gasteiger partial charge in [-0.15, -0.1) is 0 Å². The molecule has 1 heterocycles. The molecule has 0 aliphatic carbocycles. The van der Waals surface area contributed by atoms with Crippen LogP contribution in [0.1, 0.15) is 31.9 Å². The topological polar surface area (TPSA) is 101 Å². The summed E-state index contributed by atoms with van der Waals surface area (Å²) in [6.07, 6.45) is 3.37. The Kier molecular flexibility index (Phi) is 7.19. The molecule has 32 heavy (non-hydrogen) atoms. The molecule has 0 aliphatic heterocycles. The molecule has 3 amide bonds. The lowest BCUT2D eigenvalue weighted by atomic mass is 9.86. The highest BCUT2D eigenvalue weighted by Crippen LogP contribution is 2.22. The van der Waals surface area contributed by atoms with Crippen molar-refractivity contribution >= 4 is 23.3 Å². The minimum Gasteiger partial charge on any atom is -0.338 e. The SMILES string of the molecule is CC(C)(C)c1ccc(CCNC(=O)Nc2ccc(F)c(NC(=O)Cn3cncn3)c2)cc1. The van der Waals surface area contributed by atoms with E-state index in [2.05, 4.69) is 71.1 Å². The highest BCUT2D eigenvalue weighted by Gasteiger charge is 2.13. The van der Waals surface area contributed by atoms with E-state index in [4.69, 9.17) is 0 Å². The molecule has 0 aliphatic rings. The first-order valence-electron chi connectivity index (χ1n) is 10.3. The van der Waals surface area contributed by atoms with Gasteiger partial charge in [-0.3, -0.25) is 4.79 Å². The lowest BCUT2D eigenvalue weighted by Gasteiger charge is -2.19. The summed E-state index contributed by atoms with van der Waals surface area (Å²) in [4.78, 5) is 28.0. The summed E-state index contributed by atoms with van der Waals surface area (Å²) >= 11 is 0. The number of carbonyl (C=O) groups excluding carboxylic acids is 2. The number of rotatable bonds is 7. The van der Waals surface area contributed by atoms with Gasteiger partial charge in [-0.2, -0.15) is 5.10 Å². The molecule has 2 aromatic carbocycles. The summed E-state index contributed by atoms with van der Waals surface area (Å²) in [6.45, 7) is 6.84. The molecule has 3 N–H and O–H groups in total. The van der Waals surface area contributed by atoms with Gasteiger partial charge in [0.05, 0.1) is 5.69 Å². The minimum absolute atomic E-state index is 0.0353. The zero-order valence-electron chi connectivity index (χ0n) is 18.4. The lowest BCUT2D eigenvalue weighted by molar-refractivity contribution is -0.116. The van der Waals surface area contributed by atoms with Gasteiger partial charge in [0.2, 0.25) is 5.91 Å². The Hall–Kier alpha value is -3.75. The van der Waals surface area contributed by atoms with Gasteiger partial charge in [0.25, 0.3) is 0 Å². The molecule has 0 unspecified atom stereocenters. The van der Waals surface area contributed by atoms with E-state index in [-0.39, 0.29) is 17.6 Å². The molecule has 3 aromatic rings. The van der Waals surface area contributed by atoms with E-state index in [0.29, 0.717) is 18.7 Å². The number of nitrogens with one attached hydrogen (secondary N) is 3. The third kappa shape index (κ3) is 6.63. The molecule has 3 rings (SSSR count). The highest BCUT2D eigenvalue weighted by molar-refractivity contribution is 5.93. The number of anilines is 2. The van der Waals surface area contributed by atoms with Crippen LogP contribution < -0.4 is 16.0 Å². The number of hydrogen-bond donors (Lipinski definition) is 3. The normalized spacial score (nSPS) is 11.1. The Labute approximate surface area is 186 Å². The molecular weight excluding hydrogens is 411 g/mol. The first-order chi connectivity index (χ1) is 15.2. The van der Waals surface area contributed by atoms with Gasteiger partial charge in [-0.1, -0.05) is 45.0 Å². The Bertz CT molecular complexity index is 1060. The van der Waals surface area contributed by atoms with Crippen LogP contribution in [0.15, 0.2) is 55.1 Å². The zero-order chi connectivity index (χ0) is 23.1. The Morgan fingerprint density at radius 1 is 1.06 bits per heavy atom. The number of hydrogen-bond acceptors (Lipinski definition) is 4. The van der Waals surface area contributed by atoms with Crippen LogP contribution in [-0.2, 0) is 23.2 Å². The fourth-order valence-corrected chi connectivity index (χ4v) is 3.02. The number of urea groups is 1. The van der Waals surface area contributed by atoms with Gasteiger partial charge in [0.15, 0.2) is 0 Å². The van der Waals surface area contributed by atoms with E-state index >= 15 is 0 Å². The summed E-state index contributed by atoms with van der Waals surface area (Å²) < 4.78 is 15.4. The van der Waals surface area contributed by atoms with Gasteiger partial charge in [0.1, 0.15) is 25.0 Å². The maximum atomic E-state index is 14.1. The molecule has 0 spiro atoms. The van der Waals surface area contributed by atoms with E-state index < -0.39 is 17.8 Å². The first-order valence-corrected chi connectivity index (χ1v) is 10.3. The van der Waals surface area contributed by atoms with Gasteiger partial charge in [-0.25, -0.2) is 18.9 Å². The van der Waals surface area contributed by atoms with E-state index in [1.165, 1.54) is 41.1 Å². The van der Waals surface area contributed by atoms with Crippen molar-refractivity contribution in [1.29, 1.82) is 0 Å². The zero-order valence-corrected chi connectivity index (χ0v) is 18.4. The number of amides is 3. The molecule has 168 valence electrons. The second-order valence-electron chi connectivity index (χ2n) is 8.41. The number of nitrogens with zero attached hydrogens (tertiary/aromatic N) is 3. The number of aromatic nitrogens is 3. The van der Waals surface area contributed by atoms with Crippen LogP contribution in [0.4, 0.5) is 20.6 Å². The standard InChI is InChI=1S/C23H27FN6O2/c1-23(2,3)17-6-4-16(5-7-17)10-11-26-22(32)28-18-8-9-19(24)20(12-18)29-21(31)13-30-15-25-14-27-30/h4-9,12,14-15H,10-11,13H2,1-3H3,(H,29,31)(H2,26,28,32). The van der Waals surface area contributed by atoms with Gasteiger partial charge in [0, 0.05) is 12.2 Å². The first kappa shape index (κ1) is 22.9. The molecule has 0 saturated carbocycles. The largest absolute Gasteiger partial charge is 0.338 e. The fourth-order valence-electron chi connectivity index (χ4n) is 3.02. The van der Waals surface area contributed by atoms with Gasteiger partial charge in [-0.05, 0) is 41.2 Å². The van der Waals surface area contributed by atoms with Crippen molar-refractivity contribution < 1.29 is 14.0 Å². The van der Waals surface area contributed by atoms with Crippen LogP contribution >= 0.6 is 0 Å². The van der Waals surface area contributed by atoms with E-state index in [9.17, 15) is 14.0 Å². The number of halogens is 1. The number of benzene rings is 2. The second kappa shape index (κ2) is 10.0. The molecule has 0 fully saturated rings. The molecule has 8 nitrogen and oxygen atoms in total. The Morgan fingerprint density at radius 3 is 2.47 bits per heavy atom. The molecule has 0 bridgehead atoms. The third-order valence-corrected chi connectivity index (χ3v) is 4.79. The smallest absolute Gasteiger partial charge is 0.319 e.